The van der Waals surface area contributed by atoms with Gasteiger partial charge < -0.3 is 9.84 Å². The molecule has 5 nitrogen and oxygen atoms in total. The molecule has 0 fully saturated rings. The van der Waals surface area contributed by atoms with Crippen molar-refractivity contribution in [3.05, 3.63) is 12.2 Å². The zero-order valence-corrected chi connectivity index (χ0v) is 5.40. The quantitative estimate of drug-likeness (QED) is 0.466. The van der Waals surface area contributed by atoms with Gasteiger partial charge in [0.15, 0.2) is 12.0 Å². The minimum absolute atomic E-state index is 0.177. The monoisotopic (exact) mass is 138 g/mol. The molecule has 0 radical (unpaired) electrons. The van der Waals surface area contributed by atoms with E-state index in [0.717, 1.165) is 0 Å². The zero-order valence-electron chi connectivity index (χ0n) is 5.40. The number of rotatable bonds is 2. The van der Waals surface area contributed by atoms with Crippen molar-refractivity contribution in [2.24, 2.45) is 0 Å². The van der Waals surface area contributed by atoms with Crippen LogP contribution in [0.25, 0.3) is 0 Å². The highest BCUT2D eigenvalue weighted by Gasteiger charge is 2.07. The van der Waals surface area contributed by atoms with E-state index in [0.29, 0.717) is 5.82 Å². The summed E-state index contributed by atoms with van der Waals surface area (Å²) in [6, 6.07) is -0.177. The Bertz CT molecular complexity index is 224. The minimum atomic E-state index is -0.177. The summed E-state index contributed by atoms with van der Waals surface area (Å²) < 4.78 is 4.47. The van der Waals surface area contributed by atoms with Gasteiger partial charge in [-0.15, -0.1) is 0 Å². The fraction of sp³-hybridized carbons (Fsp3) is 0.400. The van der Waals surface area contributed by atoms with Crippen LogP contribution in [-0.4, -0.2) is 10.1 Å². The first-order chi connectivity index (χ1) is 4.84. The molecule has 52 valence electrons. The fourth-order valence-electron chi connectivity index (χ4n) is 0.531. The van der Waals surface area contributed by atoms with Crippen LogP contribution in [0.5, 0.6) is 0 Å². The fourth-order valence-corrected chi connectivity index (χ4v) is 0.531. The third kappa shape index (κ3) is 1.23. The second-order valence-electron chi connectivity index (χ2n) is 1.77. The highest BCUT2D eigenvalue weighted by atomic mass is 16.5. The number of hydrogen-bond acceptors (Lipinski definition) is 5. The van der Waals surface area contributed by atoms with Gasteiger partial charge in [-0.1, -0.05) is 5.16 Å². The van der Waals surface area contributed by atoms with E-state index in [-0.39, 0.29) is 6.04 Å². The maximum Gasteiger partial charge on any atom is 0.213 e. The van der Waals surface area contributed by atoms with Gasteiger partial charge >= 0.3 is 0 Å². The van der Waals surface area contributed by atoms with Crippen molar-refractivity contribution in [2.75, 3.05) is 0 Å². The predicted molar refractivity (Wildman–Crippen MR) is 31.5 cm³/mol. The average molecular weight is 138 g/mol. The van der Waals surface area contributed by atoms with Crippen LogP contribution in [0.1, 0.15) is 18.8 Å². The summed E-state index contributed by atoms with van der Waals surface area (Å²) >= 11 is 0. The highest BCUT2D eigenvalue weighted by Crippen LogP contribution is 2.02. The smallest absolute Gasteiger partial charge is 0.213 e. The Kier molecular flexibility index (Phi) is 1.85. The van der Waals surface area contributed by atoms with Crippen molar-refractivity contribution < 1.29 is 4.52 Å². The molecule has 0 aliphatic rings. The van der Waals surface area contributed by atoms with Gasteiger partial charge in [0, 0.05) is 0 Å². The van der Waals surface area contributed by atoms with E-state index in [9.17, 15) is 0 Å². The number of nitriles is 1. The van der Waals surface area contributed by atoms with Crippen LogP contribution in [0, 0.1) is 11.5 Å². The van der Waals surface area contributed by atoms with Gasteiger partial charge in [-0.2, -0.15) is 10.2 Å². The van der Waals surface area contributed by atoms with Crippen molar-refractivity contribution in [3.63, 3.8) is 0 Å². The molecule has 0 amide bonds. The molecule has 1 atom stereocenters. The lowest BCUT2D eigenvalue weighted by Crippen LogP contribution is -2.12. The Morgan fingerprint density at radius 1 is 1.90 bits per heavy atom. The molecule has 0 aliphatic carbocycles. The van der Waals surface area contributed by atoms with Crippen molar-refractivity contribution in [2.45, 2.75) is 13.0 Å². The van der Waals surface area contributed by atoms with Gasteiger partial charge in [0.1, 0.15) is 0 Å². The number of aromatic nitrogens is 2. The molecular formula is C5H6N4O. The van der Waals surface area contributed by atoms with Gasteiger partial charge in [0.05, 0.1) is 6.04 Å². The van der Waals surface area contributed by atoms with Gasteiger partial charge in [0.2, 0.25) is 6.39 Å². The maximum absolute atomic E-state index is 8.19. The lowest BCUT2D eigenvalue weighted by molar-refractivity contribution is 0.403. The Morgan fingerprint density at radius 2 is 2.70 bits per heavy atom. The third-order valence-corrected chi connectivity index (χ3v) is 1.05. The largest absolute Gasteiger partial charge is 0.343 e. The summed E-state index contributed by atoms with van der Waals surface area (Å²) in [5.41, 5.74) is 0. The molecule has 0 aromatic carbocycles. The van der Waals surface area contributed by atoms with Crippen molar-refractivity contribution in [1.29, 1.82) is 5.26 Å². The Labute approximate surface area is 57.7 Å². The summed E-state index contributed by atoms with van der Waals surface area (Å²) in [6.45, 7) is 1.77. The summed E-state index contributed by atoms with van der Waals surface area (Å²) in [5.74, 6) is 0.488. The topological polar surface area (TPSA) is 74.7 Å². The molecule has 0 saturated heterocycles. The molecule has 1 aromatic heterocycles. The van der Waals surface area contributed by atoms with Gasteiger partial charge in [-0.3, -0.25) is 0 Å². The van der Waals surface area contributed by atoms with Crippen LogP contribution >= 0.6 is 0 Å². The SMILES string of the molecule is CC(NC#N)c1ncon1. The number of nitrogens with zero attached hydrogens (tertiary/aromatic N) is 3. The van der Waals surface area contributed by atoms with E-state index >= 15 is 0 Å². The first-order valence-electron chi connectivity index (χ1n) is 2.75. The van der Waals surface area contributed by atoms with Crippen LogP contribution in [0.3, 0.4) is 0 Å². The molecule has 0 aliphatic heterocycles. The number of nitrogens with one attached hydrogen (secondary N) is 1. The highest BCUT2D eigenvalue weighted by molar-refractivity contribution is 4.90. The predicted octanol–water partition coefficient (Wildman–Crippen LogP) is 0.201. The van der Waals surface area contributed by atoms with E-state index in [4.69, 9.17) is 5.26 Å². The molecule has 0 bridgehead atoms. The number of hydrogen-bond donors (Lipinski definition) is 1. The molecule has 10 heavy (non-hydrogen) atoms. The minimum Gasteiger partial charge on any atom is -0.343 e. The van der Waals surface area contributed by atoms with E-state index in [2.05, 4.69) is 20.0 Å². The Balaban J connectivity index is 2.61. The normalized spacial score (nSPS) is 12.0. The second-order valence-corrected chi connectivity index (χ2v) is 1.77. The second kappa shape index (κ2) is 2.82. The first-order valence-corrected chi connectivity index (χ1v) is 2.75. The van der Waals surface area contributed by atoms with Crippen LogP contribution in [0.4, 0.5) is 0 Å². The van der Waals surface area contributed by atoms with Crippen LogP contribution in [-0.2, 0) is 0 Å². The molecule has 1 aromatic rings. The summed E-state index contributed by atoms with van der Waals surface area (Å²) in [6.07, 6.45) is 3.01. The Morgan fingerprint density at radius 3 is 3.20 bits per heavy atom. The van der Waals surface area contributed by atoms with Gasteiger partial charge in [-0.05, 0) is 6.92 Å². The summed E-state index contributed by atoms with van der Waals surface area (Å²) in [4.78, 5) is 3.74. The van der Waals surface area contributed by atoms with E-state index in [1.165, 1.54) is 6.39 Å². The van der Waals surface area contributed by atoms with Crippen LogP contribution in [0.15, 0.2) is 10.9 Å². The molecule has 1 rings (SSSR count). The Hall–Kier alpha value is -1.57. The summed E-state index contributed by atoms with van der Waals surface area (Å²) in [5, 5.41) is 14.2. The van der Waals surface area contributed by atoms with E-state index in [1.54, 1.807) is 13.1 Å². The zero-order chi connectivity index (χ0) is 7.40. The van der Waals surface area contributed by atoms with Crippen LogP contribution in [0.2, 0.25) is 0 Å². The summed E-state index contributed by atoms with van der Waals surface area (Å²) in [7, 11) is 0. The molecule has 1 unspecified atom stereocenters. The van der Waals surface area contributed by atoms with E-state index in [1.807, 2.05) is 0 Å². The van der Waals surface area contributed by atoms with Gasteiger partial charge in [0.25, 0.3) is 0 Å². The lowest BCUT2D eigenvalue weighted by Gasteiger charge is -1.99. The molecule has 0 saturated carbocycles. The molecule has 1 heterocycles. The third-order valence-electron chi connectivity index (χ3n) is 1.05. The lowest BCUT2D eigenvalue weighted by atomic mass is 10.3. The van der Waals surface area contributed by atoms with Gasteiger partial charge in [-0.25, -0.2) is 0 Å². The van der Waals surface area contributed by atoms with Crippen molar-refractivity contribution in [3.8, 4) is 6.19 Å². The van der Waals surface area contributed by atoms with Crippen LogP contribution < -0.4 is 5.32 Å². The molecule has 5 heteroatoms. The first kappa shape index (κ1) is 6.55. The van der Waals surface area contributed by atoms with Crippen molar-refractivity contribution >= 4 is 0 Å². The average Bonchev–Trinajstić information content (AvgIpc) is 2.38. The molecular weight excluding hydrogens is 132 g/mol. The van der Waals surface area contributed by atoms with Crippen molar-refractivity contribution in [1.82, 2.24) is 15.5 Å². The maximum atomic E-state index is 8.19. The van der Waals surface area contributed by atoms with E-state index < -0.39 is 0 Å². The molecule has 1 N–H and O–H groups in total. The standard InChI is InChI=1S/C5H6N4O/c1-4(7-2-6)5-8-3-10-9-5/h3-4,7H,1H3. The molecule has 0 spiro atoms.